The van der Waals surface area contributed by atoms with Crippen LogP contribution in [0.25, 0.3) is 0 Å². The lowest BCUT2D eigenvalue weighted by molar-refractivity contribution is 0.0526. The van der Waals surface area contributed by atoms with Crippen LogP contribution < -0.4 is 0 Å². The summed E-state index contributed by atoms with van der Waals surface area (Å²) in [4.78, 5) is 23.2. The third-order valence-electron chi connectivity index (χ3n) is 2.18. The Kier molecular flexibility index (Phi) is 4.23. The second-order valence-electron chi connectivity index (χ2n) is 3.82. The normalized spacial score (nSPS) is 10.2. The van der Waals surface area contributed by atoms with Gasteiger partial charge < -0.3 is 4.74 Å². The molecule has 1 aromatic carbocycles. The van der Waals surface area contributed by atoms with Gasteiger partial charge in [0.2, 0.25) is 0 Å². The summed E-state index contributed by atoms with van der Waals surface area (Å²) in [6, 6.07) is 6.64. The lowest BCUT2D eigenvalue weighted by atomic mass is 9.99. The van der Waals surface area contributed by atoms with E-state index in [2.05, 4.69) is 0 Å². The number of Topliss-reactive ketones (excluding diaryl/α,β-unsaturated/α-hetero) is 1. The van der Waals surface area contributed by atoms with E-state index in [0.717, 1.165) is 0 Å². The van der Waals surface area contributed by atoms with Crippen molar-refractivity contribution in [2.75, 3.05) is 6.61 Å². The monoisotopic (exact) mass is 220 g/mol. The van der Waals surface area contributed by atoms with Crippen molar-refractivity contribution in [3.8, 4) is 0 Å². The van der Waals surface area contributed by atoms with Crippen LogP contribution in [0, 0.1) is 5.92 Å². The smallest absolute Gasteiger partial charge is 0.338 e. The lowest BCUT2D eigenvalue weighted by Gasteiger charge is -2.06. The van der Waals surface area contributed by atoms with E-state index in [4.69, 9.17) is 4.74 Å². The molecule has 86 valence electrons. The molecule has 0 spiro atoms. The maximum absolute atomic E-state index is 11.7. The number of hydrogen-bond acceptors (Lipinski definition) is 3. The molecule has 3 heteroatoms. The Labute approximate surface area is 95.4 Å². The van der Waals surface area contributed by atoms with E-state index < -0.39 is 0 Å². The van der Waals surface area contributed by atoms with Crippen molar-refractivity contribution in [1.82, 2.24) is 0 Å². The molecule has 0 bridgehead atoms. The second-order valence-corrected chi connectivity index (χ2v) is 3.82. The molecule has 3 nitrogen and oxygen atoms in total. The van der Waals surface area contributed by atoms with E-state index in [1.165, 1.54) is 0 Å². The fraction of sp³-hybridized carbons (Fsp3) is 0.385. The van der Waals surface area contributed by atoms with Gasteiger partial charge >= 0.3 is 5.97 Å². The Morgan fingerprint density at radius 3 is 2.44 bits per heavy atom. The van der Waals surface area contributed by atoms with Crippen molar-refractivity contribution < 1.29 is 14.3 Å². The fourth-order valence-electron chi connectivity index (χ4n) is 1.35. The van der Waals surface area contributed by atoms with Crippen LogP contribution in [0.5, 0.6) is 0 Å². The van der Waals surface area contributed by atoms with Crippen molar-refractivity contribution in [3.63, 3.8) is 0 Å². The quantitative estimate of drug-likeness (QED) is 0.578. The number of rotatable bonds is 4. The maximum Gasteiger partial charge on any atom is 0.338 e. The minimum atomic E-state index is -0.388. The maximum atomic E-state index is 11.7. The summed E-state index contributed by atoms with van der Waals surface area (Å²) in [6.45, 7) is 5.75. The molecule has 0 radical (unpaired) electrons. The van der Waals surface area contributed by atoms with Crippen molar-refractivity contribution in [3.05, 3.63) is 35.4 Å². The third-order valence-corrected chi connectivity index (χ3v) is 2.18. The molecule has 0 amide bonds. The summed E-state index contributed by atoms with van der Waals surface area (Å²) < 4.78 is 4.87. The van der Waals surface area contributed by atoms with Crippen LogP contribution in [-0.4, -0.2) is 18.4 Å². The average Bonchev–Trinajstić information content (AvgIpc) is 2.28. The molecule has 0 atom stereocenters. The van der Waals surface area contributed by atoms with Gasteiger partial charge in [0.15, 0.2) is 5.78 Å². The molecular weight excluding hydrogens is 204 g/mol. The number of ketones is 1. The minimum absolute atomic E-state index is 0.0335. The van der Waals surface area contributed by atoms with Gasteiger partial charge in [-0.2, -0.15) is 0 Å². The Morgan fingerprint density at radius 1 is 1.25 bits per heavy atom. The highest BCUT2D eigenvalue weighted by Gasteiger charge is 2.13. The molecular formula is C13H16O3. The summed E-state index contributed by atoms with van der Waals surface area (Å²) in [5.41, 5.74) is 0.980. The van der Waals surface area contributed by atoms with Crippen LogP contribution in [0.3, 0.4) is 0 Å². The minimum Gasteiger partial charge on any atom is -0.462 e. The predicted molar refractivity (Wildman–Crippen MR) is 61.6 cm³/mol. The highest BCUT2D eigenvalue weighted by Crippen LogP contribution is 2.11. The van der Waals surface area contributed by atoms with Crippen molar-refractivity contribution in [2.45, 2.75) is 20.8 Å². The average molecular weight is 220 g/mol. The van der Waals surface area contributed by atoms with Gasteiger partial charge in [0.1, 0.15) is 0 Å². The molecule has 1 aromatic rings. The summed E-state index contributed by atoms with van der Waals surface area (Å²) in [5.74, 6) is -0.426. The molecule has 0 saturated carbocycles. The zero-order chi connectivity index (χ0) is 12.1. The third kappa shape index (κ3) is 2.92. The first-order chi connectivity index (χ1) is 7.56. The van der Waals surface area contributed by atoms with Crippen LogP contribution in [0.1, 0.15) is 41.5 Å². The first-order valence-corrected chi connectivity index (χ1v) is 5.37. The van der Waals surface area contributed by atoms with Crippen molar-refractivity contribution >= 4 is 11.8 Å². The zero-order valence-electron chi connectivity index (χ0n) is 9.82. The highest BCUT2D eigenvalue weighted by atomic mass is 16.5. The van der Waals surface area contributed by atoms with E-state index in [1.54, 1.807) is 31.2 Å². The van der Waals surface area contributed by atoms with Crippen LogP contribution in [0.15, 0.2) is 24.3 Å². The number of carbonyl (C=O) groups is 2. The molecule has 0 N–H and O–H groups in total. The number of benzene rings is 1. The van der Waals surface area contributed by atoms with Gasteiger partial charge in [-0.25, -0.2) is 4.79 Å². The van der Waals surface area contributed by atoms with Crippen molar-refractivity contribution in [1.29, 1.82) is 0 Å². The predicted octanol–water partition coefficient (Wildman–Crippen LogP) is 2.70. The van der Waals surface area contributed by atoms with Gasteiger partial charge in [0, 0.05) is 11.5 Å². The molecule has 0 fully saturated rings. The van der Waals surface area contributed by atoms with Crippen LogP contribution in [0.4, 0.5) is 0 Å². The van der Waals surface area contributed by atoms with Crippen LogP contribution in [-0.2, 0) is 4.74 Å². The number of esters is 1. The zero-order valence-corrected chi connectivity index (χ0v) is 9.82. The molecule has 0 aromatic heterocycles. The number of ether oxygens (including phenoxy) is 1. The van der Waals surface area contributed by atoms with Gasteiger partial charge in [-0.1, -0.05) is 26.0 Å². The SMILES string of the molecule is CCOC(=O)c1cccc(C(=O)C(C)C)c1. The van der Waals surface area contributed by atoms with Gasteiger partial charge in [-0.15, -0.1) is 0 Å². The number of hydrogen-bond donors (Lipinski definition) is 0. The summed E-state index contributed by atoms with van der Waals surface area (Å²) >= 11 is 0. The van der Waals surface area contributed by atoms with E-state index in [-0.39, 0.29) is 17.7 Å². The van der Waals surface area contributed by atoms with E-state index in [9.17, 15) is 9.59 Å². The molecule has 16 heavy (non-hydrogen) atoms. The summed E-state index contributed by atoms with van der Waals surface area (Å²) in [7, 11) is 0. The van der Waals surface area contributed by atoms with Gasteiger partial charge in [0.25, 0.3) is 0 Å². The van der Waals surface area contributed by atoms with E-state index >= 15 is 0 Å². The number of carbonyl (C=O) groups excluding carboxylic acids is 2. The summed E-state index contributed by atoms with van der Waals surface area (Å²) in [6.07, 6.45) is 0. The Morgan fingerprint density at radius 2 is 1.88 bits per heavy atom. The first-order valence-electron chi connectivity index (χ1n) is 5.37. The molecule has 0 unspecified atom stereocenters. The molecule has 1 rings (SSSR count). The Bertz CT molecular complexity index is 394. The van der Waals surface area contributed by atoms with Crippen LogP contribution in [0.2, 0.25) is 0 Å². The first kappa shape index (κ1) is 12.4. The Hall–Kier alpha value is -1.64. The van der Waals surface area contributed by atoms with Gasteiger partial charge in [-0.3, -0.25) is 4.79 Å². The van der Waals surface area contributed by atoms with E-state index in [0.29, 0.717) is 17.7 Å². The molecule has 0 aliphatic rings. The van der Waals surface area contributed by atoms with Crippen LogP contribution >= 0.6 is 0 Å². The standard InChI is InChI=1S/C13H16O3/c1-4-16-13(15)11-7-5-6-10(8-11)12(14)9(2)3/h5-9H,4H2,1-3H3. The van der Waals surface area contributed by atoms with Crippen molar-refractivity contribution in [2.24, 2.45) is 5.92 Å². The van der Waals surface area contributed by atoms with E-state index in [1.807, 2.05) is 13.8 Å². The molecule has 0 aliphatic carbocycles. The summed E-state index contributed by atoms with van der Waals surface area (Å²) in [5, 5.41) is 0. The highest BCUT2D eigenvalue weighted by molar-refractivity contribution is 6.00. The fourth-order valence-corrected chi connectivity index (χ4v) is 1.35. The largest absolute Gasteiger partial charge is 0.462 e. The molecule has 0 saturated heterocycles. The Balaban J connectivity index is 2.95. The topological polar surface area (TPSA) is 43.4 Å². The second kappa shape index (κ2) is 5.45. The lowest BCUT2D eigenvalue weighted by Crippen LogP contribution is -2.10. The van der Waals surface area contributed by atoms with Gasteiger partial charge in [0.05, 0.1) is 12.2 Å². The van der Waals surface area contributed by atoms with Gasteiger partial charge in [-0.05, 0) is 19.1 Å². The molecule has 0 heterocycles. The molecule has 0 aliphatic heterocycles.